The van der Waals surface area contributed by atoms with E-state index in [9.17, 15) is 10.1 Å². The molecule has 0 saturated carbocycles. The fourth-order valence-corrected chi connectivity index (χ4v) is 2.45. The maximum Gasteiger partial charge on any atom is 0.270 e. The van der Waals surface area contributed by atoms with Gasteiger partial charge in [-0.2, -0.15) is 4.57 Å². The van der Waals surface area contributed by atoms with Crippen LogP contribution in [0.15, 0.2) is 60.7 Å². The second kappa shape index (κ2) is 7.32. The number of nitrogens with zero attached hydrogens (tertiary/aromatic N) is 2. The second-order valence-corrected chi connectivity index (χ2v) is 5.06. The maximum absolute atomic E-state index is 10.8. The molecule has 23 heavy (non-hydrogen) atoms. The number of aromatic nitrogens is 1. The van der Waals surface area contributed by atoms with Gasteiger partial charge in [0.05, 0.1) is 4.92 Å². The van der Waals surface area contributed by atoms with Crippen molar-refractivity contribution in [3.63, 3.8) is 0 Å². The van der Waals surface area contributed by atoms with Crippen LogP contribution in [0.4, 0.5) is 5.69 Å². The van der Waals surface area contributed by atoms with Gasteiger partial charge < -0.3 is 24.0 Å². The highest BCUT2D eigenvalue weighted by molar-refractivity contribution is 5.77. The van der Waals surface area contributed by atoms with Gasteiger partial charge in [-0.05, 0) is 23.8 Å². The first-order valence-electron chi connectivity index (χ1n) is 6.95. The monoisotopic (exact) mass is 418 g/mol. The summed E-state index contributed by atoms with van der Waals surface area (Å²) < 4.78 is 2.10. The summed E-state index contributed by atoms with van der Waals surface area (Å²) in [5, 5.41) is 12.0. The Labute approximate surface area is 151 Å². The van der Waals surface area contributed by atoms with Crippen molar-refractivity contribution in [2.45, 2.75) is 0 Å². The lowest BCUT2D eigenvalue weighted by Crippen LogP contribution is -3.00. The van der Waals surface area contributed by atoms with E-state index in [1.165, 1.54) is 11.5 Å². The quantitative estimate of drug-likeness (QED) is 0.273. The molecule has 2 aromatic carbocycles. The highest BCUT2D eigenvalue weighted by Gasteiger charge is 2.08. The molecule has 4 nitrogen and oxygen atoms in total. The van der Waals surface area contributed by atoms with Gasteiger partial charge in [-0.15, -0.1) is 0 Å². The predicted molar refractivity (Wildman–Crippen MR) is 87.1 cm³/mol. The fourth-order valence-electron chi connectivity index (χ4n) is 2.45. The number of halogens is 1. The van der Waals surface area contributed by atoms with Crippen LogP contribution in [0.25, 0.3) is 23.1 Å². The van der Waals surface area contributed by atoms with E-state index in [1.807, 2.05) is 43.5 Å². The maximum atomic E-state index is 10.8. The molecule has 5 heteroatoms. The number of nitro groups is 1. The molecule has 0 N–H and O–H groups in total. The van der Waals surface area contributed by atoms with Crippen molar-refractivity contribution in [1.29, 1.82) is 0 Å². The van der Waals surface area contributed by atoms with Crippen LogP contribution in [0.1, 0.15) is 11.3 Å². The molecule has 1 heterocycles. The molecule has 0 aliphatic rings. The van der Waals surface area contributed by atoms with Crippen molar-refractivity contribution in [1.82, 2.24) is 0 Å². The average Bonchev–Trinajstić information content (AvgIpc) is 2.55. The Bertz CT molecular complexity index is 891. The zero-order valence-corrected chi connectivity index (χ0v) is 14.7. The van der Waals surface area contributed by atoms with Crippen LogP contribution in [0, 0.1) is 10.1 Å². The first kappa shape index (κ1) is 17.1. The number of benzene rings is 2. The van der Waals surface area contributed by atoms with Crippen molar-refractivity contribution >= 4 is 28.7 Å². The van der Waals surface area contributed by atoms with Crippen molar-refractivity contribution in [2.75, 3.05) is 0 Å². The van der Waals surface area contributed by atoms with Crippen molar-refractivity contribution in [2.24, 2.45) is 7.05 Å². The highest BCUT2D eigenvalue weighted by Crippen LogP contribution is 2.16. The van der Waals surface area contributed by atoms with E-state index in [2.05, 4.69) is 22.8 Å². The summed E-state index contributed by atoms with van der Waals surface area (Å²) in [6, 6.07) is 18.9. The number of para-hydroxylation sites is 1. The van der Waals surface area contributed by atoms with E-state index in [-0.39, 0.29) is 34.6 Å². The van der Waals surface area contributed by atoms with E-state index >= 15 is 0 Å². The summed E-state index contributed by atoms with van der Waals surface area (Å²) in [5.41, 5.74) is 3.08. The number of non-ortho nitro benzene ring substituents is 1. The lowest BCUT2D eigenvalue weighted by atomic mass is 10.1. The van der Waals surface area contributed by atoms with Crippen LogP contribution in [-0.2, 0) is 7.05 Å². The van der Waals surface area contributed by atoms with Crippen LogP contribution in [-0.4, -0.2) is 4.92 Å². The minimum absolute atomic E-state index is 0. The van der Waals surface area contributed by atoms with Crippen LogP contribution < -0.4 is 28.5 Å². The predicted octanol–water partition coefficient (Wildman–Crippen LogP) is 0.747. The van der Waals surface area contributed by atoms with Gasteiger partial charge in [0.15, 0.2) is 0 Å². The lowest BCUT2D eigenvalue weighted by Gasteiger charge is -2.00. The van der Waals surface area contributed by atoms with Crippen LogP contribution in [0.3, 0.4) is 0 Å². The van der Waals surface area contributed by atoms with E-state index in [1.54, 1.807) is 12.1 Å². The molecule has 0 unspecified atom stereocenters. The normalized spacial score (nSPS) is 10.7. The van der Waals surface area contributed by atoms with E-state index in [0.717, 1.165) is 16.8 Å². The molecule has 0 saturated heterocycles. The van der Waals surface area contributed by atoms with Gasteiger partial charge in [0, 0.05) is 35.7 Å². The van der Waals surface area contributed by atoms with Gasteiger partial charge in [-0.1, -0.05) is 24.3 Å². The smallest absolute Gasteiger partial charge is 0.270 e. The summed E-state index contributed by atoms with van der Waals surface area (Å²) in [6.45, 7) is 0. The zero-order chi connectivity index (χ0) is 15.5. The van der Waals surface area contributed by atoms with Crippen molar-refractivity contribution < 1.29 is 33.5 Å². The number of pyridine rings is 1. The Hall–Kier alpha value is -2.28. The zero-order valence-electron chi connectivity index (χ0n) is 12.5. The molecule has 0 amide bonds. The van der Waals surface area contributed by atoms with Crippen LogP contribution >= 0.6 is 0 Å². The number of hydrogen-bond acceptors (Lipinski definition) is 2. The average molecular weight is 418 g/mol. The van der Waals surface area contributed by atoms with Crippen molar-refractivity contribution in [3.8, 4) is 0 Å². The SMILES string of the molecule is C[n+]1c(/C=C/c2cccc([N+](=O)[O-])c2)ccc2ccccc21.[I-]. The third kappa shape index (κ3) is 3.73. The lowest BCUT2D eigenvalue weighted by molar-refractivity contribution is -0.646. The van der Waals surface area contributed by atoms with Gasteiger partial charge in [0.2, 0.25) is 11.2 Å². The Morgan fingerprint density at radius 3 is 2.57 bits per heavy atom. The van der Waals surface area contributed by atoms with Crippen LogP contribution in [0.2, 0.25) is 0 Å². The Morgan fingerprint density at radius 2 is 1.78 bits per heavy atom. The Balaban J connectivity index is 0.00000192. The van der Waals surface area contributed by atoms with Crippen molar-refractivity contribution in [3.05, 3.63) is 82.0 Å². The third-order valence-electron chi connectivity index (χ3n) is 3.65. The first-order valence-corrected chi connectivity index (χ1v) is 6.95. The molecule has 0 fully saturated rings. The Kier molecular flexibility index (Phi) is 5.44. The first-order chi connectivity index (χ1) is 10.6. The highest BCUT2D eigenvalue weighted by atomic mass is 127. The van der Waals surface area contributed by atoms with Gasteiger partial charge in [0.1, 0.15) is 7.05 Å². The second-order valence-electron chi connectivity index (χ2n) is 5.06. The summed E-state index contributed by atoms with van der Waals surface area (Å²) in [6.07, 6.45) is 3.85. The molecule has 0 aliphatic carbocycles. The van der Waals surface area contributed by atoms with Gasteiger partial charge in [-0.3, -0.25) is 10.1 Å². The number of rotatable bonds is 3. The molecule has 0 bridgehead atoms. The largest absolute Gasteiger partial charge is 1.00 e. The fraction of sp³-hybridized carbons (Fsp3) is 0.0556. The Morgan fingerprint density at radius 1 is 1.00 bits per heavy atom. The van der Waals surface area contributed by atoms with Crippen LogP contribution in [0.5, 0.6) is 0 Å². The minimum atomic E-state index is -0.382. The number of hydrogen-bond donors (Lipinski definition) is 0. The van der Waals surface area contributed by atoms with E-state index in [4.69, 9.17) is 0 Å². The summed E-state index contributed by atoms with van der Waals surface area (Å²) in [7, 11) is 2.01. The molecule has 116 valence electrons. The van der Waals surface area contributed by atoms with E-state index in [0.29, 0.717) is 0 Å². The van der Waals surface area contributed by atoms with E-state index < -0.39 is 0 Å². The summed E-state index contributed by atoms with van der Waals surface area (Å²) in [4.78, 5) is 10.4. The molecule has 0 spiro atoms. The standard InChI is InChI=1S/C18H15N2O2.HI/c1-19-16(12-10-15-6-2-3-8-18(15)19)11-9-14-5-4-7-17(13-14)20(21)22;/h2-13H,1H3;1H/q+1;/p-1/b11-9+;. The number of nitro benzene ring substituents is 1. The van der Waals surface area contributed by atoms with Gasteiger partial charge in [0.25, 0.3) is 5.69 Å². The molecule has 0 atom stereocenters. The third-order valence-corrected chi connectivity index (χ3v) is 3.65. The molecule has 0 aliphatic heterocycles. The molecule has 1 aromatic heterocycles. The number of aryl methyl sites for hydroxylation is 1. The van der Waals surface area contributed by atoms with Gasteiger partial charge >= 0.3 is 0 Å². The molecule has 0 radical (unpaired) electrons. The molecule has 3 rings (SSSR count). The summed E-state index contributed by atoms with van der Waals surface area (Å²) in [5.74, 6) is 0. The minimum Gasteiger partial charge on any atom is -1.00 e. The van der Waals surface area contributed by atoms with Gasteiger partial charge in [-0.25, -0.2) is 0 Å². The molecular formula is C18H15IN2O2. The summed E-state index contributed by atoms with van der Waals surface area (Å²) >= 11 is 0. The topological polar surface area (TPSA) is 47.0 Å². The molecule has 3 aromatic rings. The molecular weight excluding hydrogens is 403 g/mol. The number of fused-ring (bicyclic) bond motifs is 1.